The van der Waals surface area contributed by atoms with E-state index in [4.69, 9.17) is 29.4 Å². The first-order chi connectivity index (χ1) is 11.0. The van der Waals surface area contributed by atoms with Gasteiger partial charge in [-0.25, -0.2) is 0 Å². The Morgan fingerprint density at radius 3 is 1.33 bits per heavy atom. The van der Waals surface area contributed by atoms with E-state index >= 15 is 0 Å². The quantitative estimate of drug-likeness (QED) is 0.425. The van der Waals surface area contributed by atoms with Gasteiger partial charge in [-0.1, -0.05) is 36.4 Å². The Morgan fingerprint density at radius 1 is 0.667 bits per heavy atom. The lowest BCUT2D eigenvalue weighted by molar-refractivity contribution is 0.346. The van der Waals surface area contributed by atoms with Crippen molar-refractivity contribution >= 4 is 21.9 Å². The van der Waals surface area contributed by atoms with Crippen molar-refractivity contribution in [2.45, 2.75) is 27.7 Å². The molecule has 8 heteroatoms. The van der Waals surface area contributed by atoms with Crippen molar-refractivity contribution in [1.29, 1.82) is 0 Å². The topological polar surface area (TPSA) is 121 Å². The Bertz CT molecular complexity index is 602. The molecule has 0 spiro atoms. The summed E-state index contributed by atoms with van der Waals surface area (Å²) in [6.45, 7) is 7.85. The van der Waals surface area contributed by atoms with Crippen LogP contribution in [0.5, 0.6) is 0 Å². The molecule has 6 nitrogen and oxygen atoms in total. The predicted octanol–water partition coefficient (Wildman–Crippen LogP) is 2.16. The van der Waals surface area contributed by atoms with Gasteiger partial charge in [-0.05, 0) is 50.5 Å². The third-order valence-corrected chi connectivity index (χ3v) is 4.46. The van der Waals surface area contributed by atoms with Crippen LogP contribution in [-0.4, -0.2) is 29.4 Å². The molecule has 0 radical (unpaired) electrons. The molecule has 2 aromatic rings. The highest BCUT2D eigenvalue weighted by Crippen LogP contribution is 2.44. The van der Waals surface area contributed by atoms with Gasteiger partial charge < -0.3 is 14.7 Å². The van der Waals surface area contributed by atoms with Crippen LogP contribution in [0.1, 0.15) is 22.3 Å². The van der Waals surface area contributed by atoms with E-state index in [-0.39, 0.29) is 5.30 Å². The number of rotatable bonds is 1. The Kier molecular flexibility index (Phi) is 10.4. The molecule has 24 heavy (non-hydrogen) atoms. The van der Waals surface area contributed by atoms with Crippen molar-refractivity contribution in [3.63, 3.8) is 0 Å². The molecule has 0 saturated heterocycles. The SMILES string of the molecule is Cc1cccc([P+](O)(O)O)c1C.Cc1ccccc1C.OP(O)O. The maximum Gasteiger partial charge on any atom is 0.441 e. The Hall–Kier alpha value is -0.940. The van der Waals surface area contributed by atoms with Gasteiger partial charge in [-0.3, -0.25) is 0 Å². The molecule has 0 aliphatic rings. The van der Waals surface area contributed by atoms with Gasteiger partial charge in [0, 0.05) is 5.56 Å². The van der Waals surface area contributed by atoms with E-state index in [1.807, 2.05) is 13.0 Å². The first-order valence-corrected chi connectivity index (χ1v) is 9.84. The second kappa shape index (κ2) is 10.8. The van der Waals surface area contributed by atoms with Crippen molar-refractivity contribution in [3.05, 3.63) is 64.7 Å². The summed E-state index contributed by atoms with van der Waals surface area (Å²) < 4.78 is 0. The summed E-state index contributed by atoms with van der Waals surface area (Å²) in [6.07, 6.45) is 0. The van der Waals surface area contributed by atoms with Gasteiger partial charge in [0.05, 0.1) is 0 Å². The summed E-state index contributed by atoms with van der Waals surface area (Å²) in [5.41, 5.74) is 4.41. The second-order valence-corrected chi connectivity index (χ2v) is 7.30. The van der Waals surface area contributed by atoms with E-state index in [9.17, 15) is 0 Å². The van der Waals surface area contributed by atoms with Crippen LogP contribution < -0.4 is 5.30 Å². The Labute approximate surface area is 144 Å². The minimum absolute atomic E-state index is 0.238. The monoisotopic (exact) mass is 375 g/mol. The highest BCUT2D eigenvalue weighted by atomic mass is 31.2. The molecule has 0 atom stereocenters. The number of aryl methyl sites for hydroxylation is 3. The molecule has 0 saturated carbocycles. The van der Waals surface area contributed by atoms with Gasteiger partial charge in [-0.2, -0.15) is 14.7 Å². The third-order valence-electron chi connectivity index (χ3n) is 3.32. The summed E-state index contributed by atoms with van der Waals surface area (Å²) in [7, 11) is -6.45. The molecule has 0 bridgehead atoms. The molecule has 134 valence electrons. The first kappa shape index (κ1) is 23.1. The first-order valence-electron chi connectivity index (χ1n) is 6.99. The van der Waals surface area contributed by atoms with Crippen LogP contribution >= 0.6 is 16.5 Å². The zero-order valence-electron chi connectivity index (χ0n) is 14.1. The summed E-state index contributed by atoms with van der Waals surface area (Å²) in [5.74, 6) is 0. The van der Waals surface area contributed by atoms with Gasteiger partial charge >= 0.3 is 16.5 Å². The van der Waals surface area contributed by atoms with E-state index in [0.717, 1.165) is 11.1 Å². The normalized spacial score (nSPS) is 10.5. The van der Waals surface area contributed by atoms with Gasteiger partial charge in [0.25, 0.3) is 0 Å². The van der Waals surface area contributed by atoms with E-state index in [2.05, 4.69) is 38.1 Å². The molecule has 0 fully saturated rings. The zero-order valence-corrected chi connectivity index (χ0v) is 15.9. The van der Waals surface area contributed by atoms with Crippen LogP contribution in [0.3, 0.4) is 0 Å². The fourth-order valence-electron chi connectivity index (χ4n) is 1.72. The van der Waals surface area contributed by atoms with Gasteiger partial charge in [0.1, 0.15) is 0 Å². The van der Waals surface area contributed by atoms with Crippen LogP contribution in [-0.2, 0) is 0 Å². The fraction of sp³-hybridized carbons (Fsp3) is 0.250. The average Bonchev–Trinajstić information content (AvgIpc) is 2.44. The van der Waals surface area contributed by atoms with Gasteiger partial charge in [0.2, 0.25) is 0 Å². The van der Waals surface area contributed by atoms with Crippen LogP contribution in [0.4, 0.5) is 0 Å². The second-order valence-electron chi connectivity index (χ2n) is 5.14. The highest BCUT2D eigenvalue weighted by molar-refractivity contribution is 7.66. The molecule has 0 heterocycles. The van der Waals surface area contributed by atoms with Crippen molar-refractivity contribution < 1.29 is 29.4 Å². The molecule has 6 N–H and O–H groups in total. The number of hydrogen-bond donors (Lipinski definition) is 6. The molecule has 0 amide bonds. The van der Waals surface area contributed by atoms with Crippen molar-refractivity contribution in [2.75, 3.05) is 0 Å². The van der Waals surface area contributed by atoms with E-state index in [1.165, 1.54) is 17.2 Å². The van der Waals surface area contributed by atoms with Gasteiger partial charge in [0.15, 0.2) is 5.30 Å². The lowest BCUT2D eigenvalue weighted by Gasteiger charge is -2.07. The predicted molar refractivity (Wildman–Crippen MR) is 98.6 cm³/mol. The molecular weight excluding hydrogens is 350 g/mol. The molecule has 0 aliphatic carbocycles. The smallest absolute Gasteiger partial charge is 0.328 e. The summed E-state index contributed by atoms with van der Waals surface area (Å²) >= 11 is 0. The Balaban J connectivity index is 0.000000379. The molecule has 0 unspecified atom stereocenters. The maximum absolute atomic E-state index is 9.02. The molecule has 0 aliphatic heterocycles. The summed E-state index contributed by atoms with van der Waals surface area (Å²) in [6, 6.07) is 13.4. The van der Waals surface area contributed by atoms with E-state index < -0.39 is 16.5 Å². The van der Waals surface area contributed by atoms with Crippen LogP contribution in [0.2, 0.25) is 0 Å². The van der Waals surface area contributed by atoms with Crippen molar-refractivity contribution in [1.82, 2.24) is 0 Å². The number of hydrogen-bond acceptors (Lipinski definition) is 6. The van der Waals surface area contributed by atoms with Crippen LogP contribution in [0, 0.1) is 27.7 Å². The molecule has 0 aromatic heterocycles. The largest absolute Gasteiger partial charge is 0.441 e. The molecule has 2 aromatic carbocycles. The Morgan fingerprint density at radius 2 is 1.04 bits per heavy atom. The zero-order chi connectivity index (χ0) is 18.9. The number of benzene rings is 2. The van der Waals surface area contributed by atoms with E-state index in [0.29, 0.717) is 0 Å². The third kappa shape index (κ3) is 9.38. The molecular formula is C16H25O6P2+. The highest BCUT2D eigenvalue weighted by Gasteiger charge is 2.35. The van der Waals surface area contributed by atoms with Gasteiger partial charge in [-0.15, -0.1) is 0 Å². The maximum atomic E-state index is 9.02. The standard InChI is InChI=1S/C8H12O3P.C8H10.H3O3P/c1-6-4-3-5-8(7(6)2)12(9,10)11;1-7-5-3-4-6-8(7)2;1-4(2)3/h3-5,9-11H,1-2H3;3-6H,1-2H3;1-3H/q+1;;. The summed E-state index contributed by atoms with van der Waals surface area (Å²) in [4.78, 5) is 48.7. The lowest BCUT2D eigenvalue weighted by atomic mass is 10.1. The minimum Gasteiger partial charge on any atom is -0.328 e. The average molecular weight is 375 g/mol. The fourth-order valence-corrected chi connectivity index (χ4v) is 2.64. The van der Waals surface area contributed by atoms with E-state index in [1.54, 1.807) is 13.0 Å². The van der Waals surface area contributed by atoms with Crippen molar-refractivity contribution in [2.24, 2.45) is 0 Å². The lowest BCUT2D eigenvalue weighted by Crippen LogP contribution is -2.13. The van der Waals surface area contributed by atoms with Crippen LogP contribution in [0.15, 0.2) is 42.5 Å². The summed E-state index contributed by atoms with van der Waals surface area (Å²) in [5, 5.41) is 0.238. The van der Waals surface area contributed by atoms with Crippen LogP contribution in [0.25, 0.3) is 0 Å². The minimum atomic E-state index is -3.83. The molecule has 2 rings (SSSR count). The van der Waals surface area contributed by atoms with Crippen molar-refractivity contribution in [3.8, 4) is 0 Å².